The van der Waals surface area contributed by atoms with Crippen molar-refractivity contribution >= 4 is 17.8 Å². The Kier molecular flexibility index (Phi) is 7.57. The minimum absolute atomic E-state index is 0.133. The van der Waals surface area contributed by atoms with Crippen LogP contribution in [-0.2, 0) is 14.3 Å². The molecule has 0 aliphatic carbocycles. The second-order valence-electron chi connectivity index (χ2n) is 7.81. The molecular formula is C21H30N2O5. The van der Waals surface area contributed by atoms with Gasteiger partial charge in [0.15, 0.2) is 0 Å². The monoisotopic (exact) mass is 390 g/mol. The van der Waals surface area contributed by atoms with Crippen LogP contribution in [0, 0.1) is 12.8 Å². The van der Waals surface area contributed by atoms with Crippen molar-refractivity contribution in [1.82, 2.24) is 10.2 Å². The number of likely N-dealkylation sites (tertiary alicyclic amines) is 1. The number of nitrogens with one attached hydrogen (secondary N) is 1. The molecule has 0 spiro atoms. The van der Waals surface area contributed by atoms with Gasteiger partial charge in [-0.05, 0) is 37.3 Å². The number of nitrogens with zero attached hydrogens (tertiary/aromatic N) is 1. The predicted molar refractivity (Wildman–Crippen MR) is 105 cm³/mol. The molecule has 2 N–H and O–H groups in total. The zero-order valence-corrected chi connectivity index (χ0v) is 17.0. The molecule has 1 saturated heterocycles. The molecule has 0 saturated carbocycles. The predicted octanol–water partition coefficient (Wildman–Crippen LogP) is 2.23. The van der Waals surface area contributed by atoms with Gasteiger partial charge in [-0.25, -0.2) is 0 Å². The van der Waals surface area contributed by atoms with Crippen molar-refractivity contribution in [3.05, 3.63) is 35.4 Å². The minimum atomic E-state index is -0.955. The maximum Gasteiger partial charge on any atom is 0.305 e. The van der Waals surface area contributed by atoms with E-state index in [9.17, 15) is 19.5 Å². The highest BCUT2D eigenvalue weighted by Crippen LogP contribution is 2.25. The van der Waals surface area contributed by atoms with Crippen molar-refractivity contribution in [1.29, 1.82) is 0 Å². The molecule has 2 amide bonds. The zero-order valence-electron chi connectivity index (χ0n) is 17.0. The second-order valence-corrected chi connectivity index (χ2v) is 7.81. The van der Waals surface area contributed by atoms with Gasteiger partial charge in [0.05, 0.1) is 12.5 Å². The highest BCUT2D eigenvalue weighted by molar-refractivity contribution is 5.98. The number of carboxylic acids is 1. The normalized spacial score (nSPS) is 20.2. The Morgan fingerprint density at radius 1 is 1.29 bits per heavy atom. The molecule has 1 fully saturated rings. The molecule has 2 rings (SSSR count). The standard InChI is InChI=1S/C21H30N2O5/c1-13(2)9-18(22-20(26)17-8-6-5-7-14(17)3)21(27)23-12-16(28-4)10-15(23)11-19(24)25/h5-8,13,15-16,18H,9-12H2,1-4H3,(H,22,26)(H,24,25). The minimum Gasteiger partial charge on any atom is -0.481 e. The van der Waals surface area contributed by atoms with Crippen LogP contribution in [0.2, 0.25) is 0 Å². The van der Waals surface area contributed by atoms with Crippen LogP contribution in [0.3, 0.4) is 0 Å². The van der Waals surface area contributed by atoms with Gasteiger partial charge in [-0.1, -0.05) is 32.0 Å². The van der Waals surface area contributed by atoms with Gasteiger partial charge in [0, 0.05) is 25.3 Å². The van der Waals surface area contributed by atoms with Gasteiger partial charge in [0.2, 0.25) is 5.91 Å². The summed E-state index contributed by atoms with van der Waals surface area (Å²) in [6.45, 7) is 6.15. The molecule has 0 radical (unpaired) electrons. The van der Waals surface area contributed by atoms with E-state index >= 15 is 0 Å². The summed E-state index contributed by atoms with van der Waals surface area (Å²) in [6.07, 6.45) is 0.630. The number of carboxylic acid groups (broad SMARTS) is 1. The highest BCUT2D eigenvalue weighted by Gasteiger charge is 2.39. The average molecular weight is 390 g/mol. The number of hydrogen-bond donors (Lipinski definition) is 2. The van der Waals surface area contributed by atoms with Crippen molar-refractivity contribution in [3.63, 3.8) is 0 Å². The van der Waals surface area contributed by atoms with E-state index < -0.39 is 18.1 Å². The summed E-state index contributed by atoms with van der Waals surface area (Å²) in [4.78, 5) is 38.8. The number of amides is 2. The lowest BCUT2D eigenvalue weighted by Crippen LogP contribution is -2.51. The lowest BCUT2D eigenvalue weighted by molar-refractivity contribution is -0.140. The van der Waals surface area contributed by atoms with Crippen LogP contribution in [0.25, 0.3) is 0 Å². The number of benzene rings is 1. The topological polar surface area (TPSA) is 95.9 Å². The van der Waals surface area contributed by atoms with Crippen molar-refractivity contribution in [3.8, 4) is 0 Å². The van der Waals surface area contributed by atoms with Crippen LogP contribution in [0.4, 0.5) is 0 Å². The van der Waals surface area contributed by atoms with Crippen molar-refractivity contribution in [2.24, 2.45) is 5.92 Å². The summed E-state index contributed by atoms with van der Waals surface area (Å²) < 4.78 is 5.36. The average Bonchev–Trinajstić information content (AvgIpc) is 3.02. The fraction of sp³-hybridized carbons (Fsp3) is 0.571. The summed E-state index contributed by atoms with van der Waals surface area (Å²) in [5, 5.41) is 12.1. The summed E-state index contributed by atoms with van der Waals surface area (Å²) >= 11 is 0. The third kappa shape index (κ3) is 5.55. The molecule has 7 heteroatoms. The molecule has 0 aromatic heterocycles. The third-order valence-electron chi connectivity index (χ3n) is 5.10. The zero-order chi connectivity index (χ0) is 20.8. The van der Waals surface area contributed by atoms with Gasteiger partial charge in [-0.3, -0.25) is 14.4 Å². The number of aryl methyl sites for hydroxylation is 1. The first-order valence-corrected chi connectivity index (χ1v) is 9.64. The van der Waals surface area contributed by atoms with E-state index in [0.29, 0.717) is 24.9 Å². The van der Waals surface area contributed by atoms with Crippen LogP contribution in [0.15, 0.2) is 24.3 Å². The first kappa shape index (κ1) is 21.9. The quantitative estimate of drug-likeness (QED) is 0.710. The fourth-order valence-corrected chi connectivity index (χ4v) is 3.67. The summed E-state index contributed by atoms with van der Waals surface area (Å²) in [5.41, 5.74) is 1.36. The van der Waals surface area contributed by atoms with E-state index in [2.05, 4.69) is 5.32 Å². The Labute approximate surface area is 166 Å². The Morgan fingerprint density at radius 2 is 1.96 bits per heavy atom. The SMILES string of the molecule is COC1CC(CC(=O)O)N(C(=O)C(CC(C)C)NC(=O)c2ccccc2C)C1. The number of methoxy groups -OCH3 is 1. The van der Waals surface area contributed by atoms with Gasteiger partial charge in [-0.15, -0.1) is 0 Å². The Hall–Kier alpha value is -2.41. The number of rotatable bonds is 8. The highest BCUT2D eigenvalue weighted by atomic mass is 16.5. The molecule has 1 aliphatic heterocycles. The van der Waals surface area contributed by atoms with Gasteiger partial charge < -0.3 is 20.1 Å². The van der Waals surface area contributed by atoms with Gasteiger partial charge >= 0.3 is 5.97 Å². The smallest absolute Gasteiger partial charge is 0.305 e. The summed E-state index contributed by atoms with van der Waals surface area (Å²) in [7, 11) is 1.56. The summed E-state index contributed by atoms with van der Waals surface area (Å²) in [6, 6.07) is 6.08. The molecule has 0 bridgehead atoms. The molecule has 7 nitrogen and oxygen atoms in total. The molecule has 1 heterocycles. The molecule has 1 aromatic rings. The fourth-order valence-electron chi connectivity index (χ4n) is 3.67. The molecule has 28 heavy (non-hydrogen) atoms. The molecule has 3 unspecified atom stereocenters. The Bertz CT molecular complexity index is 719. The maximum atomic E-state index is 13.2. The number of hydrogen-bond acceptors (Lipinski definition) is 4. The Morgan fingerprint density at radius 3 is 2.54 bits per heavy atom. The number of aliphatic carboxylic acids is 1. The first-order chi connectivity index (χ1) is 13.2. The van der Waals surface area contributed by atoms with Crippen molar-refractivity contribution < 1.29 is 24.2 Å². The van der Waals surface area contributed by atoms with Gasteiger partial charge in [-0.2, -0.15) is 0 Å². The summed E-state index contributed by atoms with van der Waals surface area (Å²) in [5.74, 6) is -1.32. The van der Waals surface area contributed by atoms with E-state index in [1.165, 1.54) is 0 Å². The Balaban J connectivity index is 2.21. The molecule has 3 atom stereocenters. The van der Waals surface area contributed by atoms with E-state index in [1.54, 1.807) is 24.1 Å². The van der Waals surface area contributed by atoms with E-state index in [1.807, 2.05) is 32.9 Å². The lowest BCUT2D eigenvalue weighted by Gasteiger charge is -2.29. The van der Waals surface area contributed by atoms with Crippen LogP contribution in [0.1, 0.15) is 49.0 Å². The second kappa shape index (κ2) is 9.68. The molecule has 154 valence electrons. The van der Waals surface area contributed by atoms with E-state index in [-0.39, 0.29) is 30.3 Å². The van der Waals surface area contributed by atoms with Crippen LogP contribution >= 0.6 is 0 Å². The number of ether oxygens (including phenoxy) is 1. The lowest BCUT2D eigenvalue weighted by atomic mass is 10.0. The van der Waals surface area contributed by atoms with Crippen LogP contribution in [0.5, 0.6) is 0 Å². The maximum absolute atomic E-state index is 13.2. The van der Waals surface area contributed by atoms with Gasteiger partial charge in [0.1, 0.15) is 6.04 Å². The number of carbonyl (C=O) groups is 3. The largest absolute Gasteiger partial charge is 0.481 e. The van der Waals surface area contributed by atoms with E-state index in [4.69, 9.17) is 4.74 Å². The molecule has 1 aromatic carbocycles. The molecular weight excluding hydrogens is 360 g/mol. The molecule has 1 aliphatic rings. The van der Waals surface area contributed by atoms with Crippen molar-refractivity contribution in [2.75, 3.05) is 13.7 Å². The first-order valence-electron chi connectivity index (χ1n) is 9.64. The van der Waals surface area contributed by atoms with Crippen molar-refractivity contribution in [2.45, 2.75) is 58.2 Å². The third-order valence-corrected chi connectivity index (χ3v) is 5.10. The van der Waals surface area contributed by atoms with E-state index in [0.717, 1.165) is 5.56 Å². The van der Waals surface area contributed by atoms with Crippen LogP contribution in [-0.4, -0.2) is 59.6 Å². The van der Waals surface area contributed by atoms with Crippen LogP contribution < -0.4 is 5.32 Å². The number of carbonyl (C=O) groups excluding carboxylic acids is 2. The van der Waals surface area contributed by atoms with Gasteiger partial charge in [0.25, 0.3) is 5.91 Å².